The number of H-pyrrole nitrogens is 1. The van der Waals surface area contributed by atoms with Gasteiger partial charge in [0.15, 0.2) is 0 Å². The predicted octanol–water partition coefficient (Wildman–Crippen LogP) is 3.23. The quantitative estimate of drug-likeness (QED) is 0.827. The Balaban J connectivity index is 1.97. The minimum absolute atomic E-state index is 0.0143. The Bertz CT molecular complexity index is 597. The van der Waals surface area contributed by atoms with Crippen LogP contribution in [0.3, 0.4) is 0 Å². The fourth-order valence-corrected chi connectivity index (χ4v) is 2.56. The van der Waals surface area contributed by atoms with Gasteiger partial charge in [-0.25, -0.2) is 9.37 Å². The molecule has 2 atom stereocenters. The third-order valence-corrected chi connectivity index (χ3v) is 3.77. The maximum Gasteiger partial charge on any atom is 0.124 e. The second-order valence-electron chi connectivity index (χ2n) is 6.40. The third-order valence-electron chi connectivity index (χ3n) is 3.77. The summed E-state index contributed by atoms with van der Waals surface area (Å²) in [6.45, 7) is 6.99. The van der Waals surface area contributed by atoms with E-state index in [0.717, 1.165) is 16.9 Å². The summed E-state index contributed by atoms with van der Waals surface area (Å²) in [5.41, 5.74) is 3.36. The topological polar surface area (TPSA) is 40.7 Å². The van der Waals surface area contributed by atoms with Gasteiger partial charge < -0.3 is 10.3 Å². The minimum Gasteiger partial charge on any atom is -0.341 e. The molecule has 1 aliphatic rings. The molecule has 0 bridgehead atoms. The fourth-order valence-electron chi connectivity index (χ4n) is 2.56. The first-order valence-electron chi connectivity index (χ1n) is 6.81. The SMILES string of the molecule is CC(C)(C)c1ccc2[nH]c([C@@H]3C[C@@H](F)CN3)nc2c1. The molecule has 0 saturated carbocycles. The maximum atomic E-state index is 13.2. The highest BCUT2D eigenvalue weighted by Crippen LogP contribution is 2.28. The first kappa shape index (κ1) is 12.6. The van der Waals surface area contributed by atoms with Crippen LogP contribution in [0.4, 0.5) is 4.39 Å². The van der Waals surface area contributed by atoms with Gasteiger partial charge in [-0.15, -0.1) is 0 Å². The number of benzene rings is 1. The van der Waals surface area contributed by atoms with E-state index >= 15 is 0 Å². The maximum absolute atomic E-state index is 13.2. The van der Waals surface area contributed by atoms with Crippen molar-refractivity contribution < 1.29 is 4.39 Å². The summed E-state index contributed by atoms with van der Waals surface area (Å²) in [6, 6.07) is 6.33. The summed E-state index contributed by atoms with van der Waals surface area (Å²) in [6.07, 6.45) is -0.255. The number of imidazole rings is 1. The molecule has 1 aromatic carbocycles. The highest BCUT2D eigenvalue weighted by atomic mass is 19.1. The Labute approximate surface area is 112 Å². The van der Waals surface area contributed by atoms with Gasteiger partial charge in [0.05, 0.1) is 17.1 Å². The van der Waals surface area contributed by atoms with Crippen LogP contribution >= 0.6 is 0 Å². The molecule has 102 valence electrons. The molecule has 4 heteroatoms. The Morgan fingerprint density at radius 3 is 2.74 bits per heavy atom. The molecule has 1 fully saturated rings. The van der Waals surface area contributed by atoms with Crippen molar-refractivity contribution in [2.45, 2.75) is 44.8 Å². The molecule has 3 rings (SSSR count). The van der Waals surface area contributed by atoms with Crippen molar-refractivity contribution in [2.75, 3.05) is 6.54 Å². The number of fused-ring (bicyclic) bond motifs is 1. The molecule has 1 aliphatic heterocycles. The van der Waals surface area contributed by atoms with Gasteiger partial charge in [-0.05, 0) is 23.1 Å². The van der Waals surface area contributed by atoms with Gasteiger partial charge in [0, 0.05) is 13.0 Å². The van der Waals surface area contributed by atoms with Crippen molar-refractivity contribution in [3.8, 4) is 0 Å². The van der Waals surface area contributed by atoms with Gasteiger partial charge in [-0.3, -0.25) is 0 Å². The molecule has 0 unspecified atom stereocenters. The molecule has 2 aromatic rings. The molecular weight excluding hydrogens is 241 g/mol. The van der Waals surface area contributed by atoms with Crippen LogP contribution in [0.25, 0.3) is 11.0 Å². The van der Waals surface area contributed by atoms with Gasteiger partial charge in [-0.2, -0.15) is 0 Å². The number of nitrogens with zero attached hydrogens (tertiary/aromatic N) is 1. The average Bonchev–Trinajstić information content (AvgIpc) is 2.92. The Morgan fingerprint density at radius 1 is 1.32 bits per heavy atom. The van der Waals surface area contributed by atoms with E-state index in [9.17, 15) is 4.39 Å². The van der Waals surface area contributed by atoms with Gasteiger partial charge in [0.2, 0.25) is 0 Å². The van der Waals surface area contributed by atoms with Crippen molar-refractivity contribution in [3.63, 3.8) is 0 Å². The highest BCUT2D eigenvalue weighted by molar-refractivity contribution is 5.76. The van der Waals surface area contributed by atoms with Crippen LogP contribution in [0.15, 0.2) is 18.2 Å². The number of hydrogen-bond donors (Lipinski definition) is 2. The van der Waals surface area contributed by atoms with E-state index in [2.05, 4.69) is 54.3 Å². The van der Waals surface area contributed by atoms with E-state index in [-0.39, 0.29) is 11.5 Å². The normalized spacial score (nSPS) is 24.2. The van der Waals surface area contributed by atoms with Crippen LogP contribution in [0.2, 0.25) is 0 Å². The van der Waals surface area contributed by atoms with Crippen molar-refractivity contribution in [2.24, 2.45) is 0 Å². The number of nitrogens with one attached hydrogen (secondary N) is 2. The van der Waals surface area contributed by atoms with Crippen molar-refractivity contribution in [1.29, 1.82) is 0 Å². The van der Waals surface area contributed by atoms with Gasteiger partial charge in [-0.1, -0.05) is 26.8 Å². The molecule has 19 heavy (non-hydrogen) atoms. The van der Waals surface area contributed by atoms with Crippen LogP contribution in [0, 0.1) is 0 Å². The largest absolute Gasteiger partial charge is 0.341 e. The molecule has 1 aromatic heterocycles. The van der Waals surface area contributed by atoms with Crippen LogP contribution in [-0.4, -0.2) is 22.7 Å². The first-order chi connectivity index (χ1) is 8.93. The third kappa shape index (κ3) is 2.37. The van der Waals surface area contributed by atoms with Crippen LogP contribution in [0.1, 0.15) is 44.6 Å². The van der Waals surface area contributed by atoms with Crippen molar-refractivity contribution in [1.82, 2.24) is 15.3 Å². The van der Waals surface area contributed by atoms with Crippen LogP contribution in [-0.2, 0) is 5.41 Å². The summed E-state index contributed by atoms with van der Waals surface area (Å²) in [7, 11) is 0. The summed E-state index contributed by atoms with van der Waals surface area (Å²) in [5, 5.41) is 3.16. The zero-order chi connectivity index (χ0) is 13.6. The van der Waals surface area contributed by atoms with E-state index in [4.69, 9.17) is 0 Å². The molecule has 3 nitrogen and oxygen atoms in total. The molecule has 0 radical (unpaired) electrons. The fraction of sp³-hybridized carbons (Fsp3) is 0.533. The Hall–Kier alpha value is -1.42. The molecular formula is C15H20FN3. The molecule has 2 N–H and O–H groups in total. The van der Waals surface area contributed by atoms with Gasteiger partial charge in [0.25, 0.3) is 0 Å². The number of halogens is 1. The van der Waals surface area contributed by atoms with Crippen LogP contribution in [0.5, 0.6) is 0 Å². The lowest BCUT2D eigenvalue weighted by molar-refractivity contribution is 0.355. The lowest BCUT2D eigenvalue weighted by Gasteiger charge is -2.18. The number of alkyl halides is 1. The van der Waals surface area contributed by atoms with E-state index in [1.807, 2.05) is 0 Å². The zero-order valence-electron chi connectivity index (χ0n) is 11.6. The van der Waals surface area contributed by atoms with Gasteiger partial charge in [0.1, 0.15) is 12.0 Å². The average molecular weight is 261 g/mol. The molecule has 1 saturated heterocycles. The van der Waals surface area contributed by atoms with Crippen molar-refractivity contribution >= 4 is 11.0 Å². The summed E-state index contributed by atoms with van der Waals surface area (Å²) in [4.78, 5) is 7.92. The zero-order valence-corrected chi connectivity index (χ0v) is 11.6. The highest BCUT2D eigenvalue weighted by Gasteiger charge is 2.27. The van der Waals surface area contributed by atoms with E-state index in [1.54, 1.807) is 0 Å². The van der Waals surface area contributed by atoms with E-state index in [0.29, 0.717) is 13.0 Å². The first-order valence-corrected chi connectivity index (χ1v) is 6.81. The molecule has 0 spiro atoms. The second kappa shape index (κ2) is 4.30. The van der Waals surface area contributed by atoms with Gasteiger partial charge >= 0.3 is 0 Å². The summed E-state index contributed by atoms with van der Waals surface area (Å²) >= 11 is 0. The summed E-state index contributed by atoms with van der Waals surface area (Å²) < 4.78 is 13.2. The van der Waals surface area contributed by atoms with E-state index in [1.165, 1.54) is 5.56 Å². The lowest BCUT2D eigenvalue weighted by Crippen LogP contribution is -2.14. The number of hydrogen-bond acceptors (Lipinski definition) is 2. The molecule has 0 aliphatic carbocycles. The predicted molar refractivity (Wildman–Crippen MR) is 75.1 cm³/mol. The number of aromatic nitrogens is 2. The molecule has 0 amide bonds. The van der Waals surface area contributed by atoms with E-state index < -0.39 is 6.17 Å². The Morgan fingerprint density at radius 2 is 2.11 bits per heavy atom. The lowest BCUT2D eigenvalue weighted by atomic mass is 9.87. The molecule has 2 heterocycles. The Kier molecular flexibility index (Phi) is 2.86. The minimum atomic E-state index is -0.761. The number of rotatable bonds is 1. The summed E-state index contributed by atoms with van der Waals surface area (Å²) in [5.74, 6) is 0.848. The van der Waals surface area contributed by atoms with Crippen molar-refractivity contribution in [3.05, 3.63) is 29.6 Å². The van der Waals surface area contributed by atoms with Crippen LogP contribution < -0.4 is 5.32 Å². The number of aromatic amines is 1. The smallest absolute Gasteiger partial charge is 0.124 e. The standard InChI is InChI=1S/C15H20FN3/c1-15(2,3)9-4-5-11-12(6-9)19-14(18-11)13-7-10(16)8-17-13/h4-6,10,13,17H,7-8H2,1-3H3,(H,18,19)/t10-,13+/m1/s1. The second-order valence-corrected chi connectivity index (χ2v) is 6.40. The monoisotopic (exact) mass is 261 g/mol.